The maximum absolute atomic E-state index is 3.66. The van der Waals surface area contributed by atoms with Crippen molar-refractivity contribution in [3.63, 3.8) is 0 Å². The highest BCUT2D eigenvalue weighted by atomic mass is 79.9. The summed E-state index contributed by atoms with van der Waals surface area (Å²) >= 11 is 5.48. The van der Waals surface area contributed by atoms with Crippen LogP contribution in [0.15, 0.2) is 40.2 Å². The molecule has 0 saturated heterocycles. The van der Waals surface area contributed by atoms with E-state index >= 15 is 0 Å². The number of benzene rings is 1. The largest absolute Gasteiger partial charge is 0.310 e. The van der Waals surface area contributed by atoms with Gasteiger partial charge >= 0.3 is 0 Å². The summed E-state index contributed by atoms with van der Waals surface area (Å²) in [6, 6.07) is 11.3. The van der Waals surface area contributed by atoms with Crippen LogP contribution in [-0.2, 0) is 11.8 Å². The maximum atomic E-state index is 3.66. The minimum Gasteiger partial charge on any atom is -0.310 e. The van der Waals surface area contributed by atoms with Gasteiger partial charge in [0, 0.05) is 21.8 Å². The molecule has 1 aromatic carbocycles. The van der Waals surface area contributed by atoms with Crippen LogP contribution in [-0.4, -0.2) is 6.54 Å². The highest BCUT2D eigenvalue weighted by molar-refractivity contribution is 9.10. The van der Waals surface area contributed by atoms with Crippen molar-refractivity contribution in [2.75, 3.05) is 6.54 Å². The molecular weight excluding hydrogens is 342 g/mol. The van der Waals surface area contributed by atoms with Crippen molar-refractivity contribution in [2.24, 2.45) is 0 Å². The van der Waals surface area contributed by atoms with E-state index in [1.165, 1.54) is 20.5 Å². The van der Waals surface area contributed by atoms with Crippen molar-refractivity contribution >= 4 is 27.3 Å². The van der Waals surface area contributed by atoms with E-state index in [0.29, 0.717) is 6.04 Å². The number of thiophene rings is 1. The molecule has 0 aliphatic heterocycles. The van der Waals surface area contributed by atoms with Crippen molar-refractivity contribution in [1.82, 2.24) is 5.32 Å². The summed E-state index contributed by atoms with van der Waals surface area (Å²) in [7, 11) is 0. The number of nitrogens with one attached hydrogen (secondary N) is 1. The molecule has 1 atom stereocenters. The number of hydrogen-bond donors (Lipinski definition) is 1. The molecule has 0 aliphatic rings. The van der Waals surface area contributed by atoms with Gasteiger partial charge in [-0.05, 0) is 50.5 Å². The van der Waals surface area contributed by atoms with Crippen LogP contribution >= 0.6 is 27.3 Å². The Morgan fingerprint density at radius 2 is 1.90 bits per heavy atom. The molecule has 1 heterocycles. The molecular formula is C18H24BrNS. The first-order chi connectivity index (χ1) is 9.93. The molecule has 0 fully saturated rings. The number of likely N-dealkylation sites (N-methyl/N-ethyl adjacent to an activating group) is 1. The fourth-order valence-corrected chi connectivity index (χ4v) is 4.24. The first-order valence-electron chi connectivity index (χ1n) is 7.48. The predicted molar refractivity (Wildman–Crippen MR) is 97.3 cm³/mol. The van der Waals surface area contributed by atoms with E-state index in [0.717, 1.165) is 13.0 Å². The summed E-state index contributed by atoms with van der Waals surface area (Å²) in [5.74, 6) is 0. The minimum atomic E-state index is 0.164. The highest BCUT2D eigenvalue weighted by Gasteiger charge is 2.23. The van der Waals surface area contributed by atoms with Crippen molar-refractivity contribution < 1.29 is 0 Å². The third kappa shape index (κ3) is 4.18. The van der Waals surface area contributed by atoms with Gasteiger partial charge in [0.2, 0.25) is 0 Å². The van der Waals surface area contributed by atoms with Crippen molar-refractivity contribution in [2.45, 2.75) is 45.6 Å². The lowest BCUT2D eigenvalue weighted by Crippen LogP contribution is -2.26. The number of rotatable bonds is 5. The minimum absolute atomic E-state index is 0.164. The van der Waals surface area contributed by atoms with Gasteiger partial charge in [-0.2, -0.15) is 0 Å². The monoisotopic (exact) mass is 365 g/mol. The normalized spacial score (nSPS) is 13.4. The molecule has 3 heteroatoms. The highest BCUT2D eigenvalue weighted by Crippen LogP contribution is 2.33. The van der Waals surface area contributed by atoms with Gasteiger partial charge in [-0.15, -0.1) is 11.3 Å². The third-order valence-electron chi connectivity index (χ3n) is 3.68. The molecule has 0 spiro atoms. The van der Waals surface area contributed by atoms with Gasteiger partial charge in [-0.1, -0.05) is 52.0 Å². The standard InChI is InChI=1S/C18H24BrNS/c1-5-20-16(12-17-15(19)10-11-21-17)13-8-6-7-9-14(13)18(2,3)4/h6-11,16,20H,5,12H2,1-4H3. The van der Waals surface area contributed by atoms with E-state index in [-0.39, 0.29) is 5.41 Å². The van der Waals surface area contributed by atoms with Crippen LogP contribution in [0.5, 0.6) is 0 Å². The Balaban J connectivity index is 2.37. The average Bonchev–Trinajstić information content (AvgIpc) is 2.83. The third-order valence-corrected chi connectivity index (χ3v) is 5.62. The molecule has 1 aromatic heterocycles. The lowest BCUT2D eigenvalue weighted by Gasteiger charge is -2.28. The Kier molecular flexibility index (Phi) is 5.64. The molecule has 0 amide bonds. The second kappa shape index (κ2) is 7.08. The van der Waals surface area contributed by atoms with Crippen molar-refractivity contribution in [1.29, 1.82) is 0 Å². The van der Waals surface area contributed by atoms with E-state index < -0.39 is 0 Å². The molecule has 1 unspecified atom stereocenters. The molecule has 21 heavy (non-hydrogen) atoms. The SMILES string of the molecule is CCNC(Cc1sccc1Br)c1ccccc1C(C)(C)C. The van der Waals surface area contributed by atoms with Gasteiger partial charge in [-0.3, -0.25) is 0 Å². The zero-order valence-corrected chi connectivity index (χ0v) is 15.6. The number of hydrogen-bond acceptors (Lipinski definition) is 2. The Labute approximate surface area is 140 Å². The Bertz CT molecular complexity index is 583. The Morgan fingerprint density at radius 3 is 2.48 bits per heavy atom. The van der Waals surface area contributed by atoms with Crippen LogP contribution in [0.4, 0.5) is 0 Å². The Hall–Kier alpha value is -0.640. The van der Waals surface area contributed by atoms with Crippen molar-refractivity contribution in [3.05, 3.63) is 56.2 Å². The quantitative estimate of drug-likeness (QED) is 0.716. The van der Waals surface area contributed by atoms with Gasteiger partial charge in [0.25, 0.3) is 0 Å². The maximum Gasteiger partial charge on any atom is 0.0372 e. The molecule has 114 valence electrons. The summed E-state index contributed by atoms with van der Waals surface area (Å²) in [5.41, 5.74) is 3.02. The summed E-state index contributed by atoms with van der Waals surface area (Å²) in [4.78, 5) is 1.41. The molecule has 2 aromatic rings. The van der Waals surface area contributed by atoms with Crippen LogP contribution in [0, 0.1) is 0 Å². The van der Waals surface area contributed by atoms with E-state index in [9.17, 15) is 0 Å². The molecule has 0 saturated carbocycles. The lowest BCUT2D eigenvalue weighted by atomic mass is 9.81. The summed E-state index contributed by atoms with van der Waals surface area (Å²) in [6.07, 6.45) is 1.03. The first kappa shape index (κ1) is 16.7. The van der Waals surface area contributed by atoms with E-state index in [1.807, 2.05) is 11.3 Å². The topological polar surface area (TPSA) is 12.0 Å². The second-order valence-corrected chi connectivity index (χ2v) is 8.20. The van der Waals surface area contributed by atoms with Crippen LogP contribution in [0.25, 0.3) is 0 Å². The second-order valence-electron chi connectivity index (χ2n) is 6.34. The predicted octanol–water partition coefficient (Wildman–Crippen LogP) is 5.70. The zero-order valence-electron chi connectivity index (χ0n) is 13.2. The lowest BCUT2D eigenvalue weighted by molar-refractivity contribution is 0.519. The molecule has 2 rings (SSSR count). The van der Waals surface area contributed by atoms with E-state index in [2.05, 4.69) is 84.7 Å². The van der Waals surface area contributed by atoms with E-state index in [1.54, 1.807) is 0 Å². The number of halogens is 1. The van der Waals surface area contributed by atoms with Gasteiger partial charge in [0.05, 0.1) is 0 Å². The van der Waals surface area contributed by atoms with Crippen LogP contribution in [0.1, 0.15) is 49.7 Å². The smallest absolute Gasteiger partial charge is 0.0372 e. The fourth-order valence-electron chi connectivity index (χ4n) is 2.68. The summed E-state index contributed by atoms with van der Waals surface area (Å²) in [6.45, 7) is 10.0. The molecule has 0 radical (unpaired) electrons. The molecule has 0 aliphatic carbocycles. The van der Waals surface area contributed by atoms with Crippen LogP contribution in [0.3, 0.4) is 0 Å². The molecule has 0 bridgehead atoms. The van der Waals surface area contributed by atoms with Crippen molar-refractivity contribution in [3.8, 4) is 0 Å². The summed E-state index contributed by atoms with van der Waals surface area (Å²) in [5, 5.41) is 5.81. The van der Waals surface area contributed by atoms with Gasteiger partial charge in [0.15, 0.2) is 0 Å². The summed E-state index contributed by atoms with van der Waals surface area (Å²) < 4.78 is 1.23. The Morgan fingerprint density at radius 1 is 1.19 bits per heavy atom. The fraction of sp³-hybridized carbons (Fsp3) is 0.444. The first-order valence-corrected chi connectivity index (χ1v) is 9.15. The van der Waals surface area contributed by atoms with Gasteiger partial charge in [-0.25, -0.2) is 0 Å². The van der Waals surface area contributed by atoms with Gasteiger partial charge < -0.3 is 5.32 Å². The molecule has 1 nitrogen and oxygen atoms in total. The van der Waals surface area contributed by atoms with E-state index in [4.69, 9.17) is 0 Å². The van der Waals surface area contributed by atoms with Crippen LogP contribution in [0.2, 0.25) is 0 Å². The van der Waals surface area contributed by atoms with Gasteiger partial charge in [0.1, 0.15) is 0 Å². The average molecular weight is 366 g/mol. The zero-order chi connectivity index (χ0) is 15.5. The molecule has 1 N–H and O–H groups in total. The van der Waals surface area contributed by atoms with Crippen LogP contribution < -0.4 is 5.32 Å².